The van der Waals surface area contributed by atoms with Gasteiger partial charge in [0.05, 0.1) is 12.8 Å². The van der Waals surface area contributed by atoms with Crippen molar-refractivity contribution in [1.29, 1.82) is 0 Å². The van der Waals surface area contributed by atoms with Crippen LogP contribution in [0.2, 0.25) is 0 Å². The number of ether oxygens (including phenoxy) is 1. The van der Waals surface area contributed by atoms with E-state index < -0.39 is 0 Å². The highest BCUT2D eigenvalue weighted by Gasteiger charge is 2.27. The number of hydrogen-bond acceptors (Lipinski definition) is 5. The van der Waals surface area contributed by atoms with E-state index in [1.165, 1.54) is 22.3 Å². The van der Waals surface area contributed by atoms with Crippen LogP contribution >= 0.6 is 0 Å². The zero-order chi connectivity index (χ0) is 21.0. The lowest BCUT2D eigenvalue weighted by molar-refractivity contribution is 0.0497. The monoisotopic (exact) mass is 400 g/mol. The van der Waals surface area contributed by atoms with Crippen LogP contribution in [0.5, 0.6) is 5.75 Å². The van der Waals surface area contributed by atoms with Gasteiger partial charge in [-0.1, -0.05) is 6.07 Å². The first kappa shape index (κ1) is 21.8. The zero-order valence-corrected chi connectivity index (χ0v) is 18.6. The molecule has 2 aromatic rings. The van der Waals surface area contributed by atoms with Gasteiger partial charge in [0.2, 0.25) is 0 Å². The third-order valence-electron chi connectivity index (χ3n) is 6.36. The molecule has 3 rings (SSSR count). The van der Waals surface area contributed by atoms with E-state index in [-0.39, 0.29) is 6.61 Å². The summed E-state index contributed by atoms with van der Waals surface area (Å²) >= 11 is 0. The van der Waals surface area contributed by atoms with Gasteiger partial charge in [0.25, 0.3) is 0 Å². The summed E-state index contributed by atoms with van der Waals surface area (Å²) in [7, 11) is 1.73. The zero-order valence-electron chi connectivity index (χ0n) is 18.6. The summed E-state index contributed by atoms with van der Waals surface area (Å²) < 4.78 is 7.48. The van der Waals surface area contributed by atoms with E-state index in [1.54, 1.807) is 7.11 Å². The molecule has 1 aromatic heterocycles. The maximum atomic E-state index is 9.65. The minimum absolute atomic E-state index is 0.225. The Kier molecular flexibility index (Phi) is 7.33. The van der Waals surface area contributed by atoms with Crippen molar-refractivity contribution >= 4 is 0 Å². The highest BCUT2D eigenvalue weighted by atomic mass is 16.5. The number of methoxy groups -OCH3 is 1. The molecule has 160 valence electrons. The Bertz CT molecular complexity index is 817. The number of aliphatic hydroxyl groups is 1. The minimum Gasteiger partial charge on any atom is -0.496 e. The molecule has 1 fully saturated rings. The number of piperazine rings is 1. The van der Waals surface area contributed by atoms with Gasteiger partial charge in [0.15, 0.2) is 0 Å². The van der Waals surface area contributed by atoms with Gasteiger partial charge in [-0.2, -0.15) is 5.10 Å². The van der Waals surface area contributed by atoms with Crippen molar-refractivity contribution in [2.45, 2.75) is 59.8 Å². The maximum Gasteiger partial charge on any atom is 0.122 e. The Morgan fingerprint density at radius 2 is 1.90 bits per heavy atom. The van der Waals surface area contributed by atoms with Gasteiger partial charge in [-0.15, -0.1) is 0 Å². The van der Waals surface area contributed by atoms with Crippen LogP contribution in [-0.2, 0) is 19.6 Å². The SMILES string of the molecule is CCn1cc(CN2CCN(Cc3ccc(OC)c(C)c3C)[C@@H](CCO)C2)c(C)n1. The Morgan fingerprint density at radius 3 is 2.55 bits per heavy atom. The summed E-state index contributed by atoms with van der Waals surface area (Å²) in [6.07, 6.45) is 2.98. The molecule has 29 heavy (non-hydrogen) atoms. The molecule has 0 aliphatic carbocycles. The lowest BCUT2D eigenvalue weighted by Crippen LogP contribution is -2.52. The molecule has 0 radical (unpaired) electrons. The molecule has 0 saturated carbocycles. The Labute approximate surface area is 175 Å². The lowest BCUT2D eigenvalue weighted by atomic mass is 10.00. The summed E-state index contributed by atoms with van der Waals surface area (Å²) in [6, 6.07) is 4.62. The molecule has 1 aromatic carbocycles. The third-order valence-corrected chi connectivity index (χ3v) is 6.36. The van der Waals surface area contributed by atoms with E-state index in [1.807, 2.05) is 4.68 Å². The molecule has 1 aliphatic heterocycles. The molecular weight excluding hydrogens is 364 g/mol. The van der Waals surface area contributed by atoms with Crippen molar-refractivity contribution in [2.24, 2.45) is 0 Å². The van der Waals surface area contributed by atoms with E-state index in [9.17, 15) is 5.11 Å². The van der Waals surface area contributed by atoms with Crippen LogP contribution in [0, 0.1) is 20.8 Å². The van der Waals surface area contributed by atoms with Gasteiger partial charge in [0, 0.05) is 63.7 Å². The van der Waals surface area contributed by atoms with Gasteiger partial charge in [-0.05, 0) is 56.9 Å². The number of benzene rings is 1. The second-order valence-electron chi connectivity index (χ2n) is 8.14. The van der Waals surface area contributed by atoms with Crippen LogP contribution in [0.1, 0.15) is 41.3 Å². The second kappa shape index (κ2) is 9.74. The van der Waals surface area contributed by atoms with Crippen LogP contribution in [0.25, 0.3) is 0 Å². The molecule has 1 N–H and O–H groups in total. The van der Waals surface area contributed by atoms with Crippen LogP contribution in [-0.4, -0.2) is 64.1 Å². The number of nitrogens with zero attached hydrogens (tertiary/aromatic N) is 4. The normalized spacial score (nSPS) is 18.3. The lowest BCUT2D eigenvalue weighted by Gasteiger charge is -2.41. The summed E-state index contributed by atoms with van der Waals surface area (Å²) in [6.45, 7) is 14.5. The first-order valence-electron chi connectivity index (χ1n) is 10.7. The van der Waals surface area contributed by atoms with Crippen molar-refractivity contribution in [3.8, 4) is 5.75 Å². The summed E-state index contributed by atoms with van der Waals surface area (Å²) in [4.78, 5) is 5.04. The molecule has 6 nitrogen and oxygen atoms in total. The third kappa shape index (κ3) is 5.00. The fourth-order valence-electron chi connectivity index (χ4n) is 4.31. The van der Waals surface area contributed by atoms with Crippen LogP contribution in [0.4, 0.5) is 0 Å². The summed E-state index contributed by atoms with van der Waals surface area (Å²) in [5.41, 5.74) is 6.30. The second-order valence-corrected chi connectivity index (χ2v) is 8.14. The molecule has 6 heteroatoms. The van der Waals surface area contributed by atoms with Crippen molar-refractivity contribution in [2.75, 3.05) is 33.4 Å². The van der Waals surface area contributed by atoms with Crippen LogP contribution < -0.4 is 4.74 Å². The fourth-order valence-corrected chi connectivity index (χ4v) is 4.31. The molecule has 0 amide bonds. The molecule has 0 unspecified atom stereocenters. The maximum absolute atomic E-state index is 9.65. The molecule has 0 bridgehead atoms. The molecule has 1 aliphatic rings. The van der Waals surface area contributed by atoms with Gasteiger partial charge in [-0.25, -0.2) is 0 Å². The van der Waals surface area contributed by atoms with E-state index in [0.717, 1.165) is 57.1 Å². The van der Waals surface area contributed by atoms with E-state index in [2.05, 4.69) is 60.9 Å². The predicted molar refractivity (Wildman–Crippen MR) is 116 cm³/mol. The Hall–Kier alpha value is -1.89. The average molecular weight is 401 g/mol. The van der Waals surface area contributed by atoms with Gasteiger partial charge in [0.1, 0.15) is 5.75 Å². The molecule has 0 spiro atoms. The van der Waals surface area contributed by atoms with Crippen molar-refractivity contribution in [3.63, 3.8) is 0 Å². The Morgan fingerprint density at radius 1 is 1.10 bits per heavy atom. The Balaban J connectivity index is 1.69. The van der Waals surface area contributed by atoms with E-state index in [4.69, 9.17) is 4.74 Å². The van der Waals surface area contributed by atoms with Crippen LogP contribution in [0.15, 0.2) is 18.3 Å². The number of aliphatic hydroxyl groups excluding tert-OH is 1. The van der Waals surface area contributed by atoms with Gasteiger partial charge in [-0.3, -0.25) is 14.5 Å². The summed E-state index contributed by atoms with van der Waals surface area (Å²) in [5, 5.41) is 14.2. The highest BCUT2D eigenvalue weighted by molar-refractivity contribution is 5.43. The molecule has 2 heterocycles. The standard InChI is InChI=1S/C23H36N4O2/c1-6-27-15-21(19(4)24-27)13-25-10-11-26(22(16-25)9-12-28)14-20-7-8-23(29-5)18(3)17(20)2/h7-8,15,22,28H,6,9-14,16H2,1-5H3/t22-/m0/s1. The smallest absolute Gasteiger partial charge is 0.122 e. The topological polar surface area (TPSA) is 53.8 Å². The number of aryl methyl sites for hydroxylation is 2. The molecular formula is C23H36N4O2. The van der Waals surface area contributed by atoms with E-state index >= 15 is 0 Å². The number of hydrogen-bond donors (Lipinski definition) is 1. The van der Waals surface area contributed by atoms with Gasteiger partial charge < -0.3 is 9.84 Å². The van der Waals surface area contributed by atoms with E-state index in [0.29, 0.717) is 6.04 Å². The van der Waals surface area contributed by atoms with Crippen molar-refractivity contribution < 1.29 is 9.84 Å². The quantitative estimate of drug-likeness (QED) is 0.738. The fraction of sp³-hybridized carbons (Fsp3) is 0.609. The van der Waals surface area contributed by atoms with Crippen LogP contribution in [0.3, 0.4) is 0 Å². The minimum atomic E-state index is 0.225. The molecule has 1 atom stereocenters. The van der Waals surface area contributed by atoms with Gasteiger partial charge >= 0.3 is 0 Å². The average Bonchev–Trinajstić information content (AvgIpc) is 3.07. The number of rotatable bonds is 8. The largest absolute Gasteiger partial charge is 0.496 e. The molecule has 1 saturated heterocycles. The number of aromatic nitrogens is 2. The first-order chi connectivity index (χ1) is 14.0. The highest BCUT2D eigenvalue weighted by Crippen LogP contribution is 2.26. The first-order valence-corrected chi connectivity index (χ1v) is 10.7. The summed E-state index contributed by atoms with van der Waals surface area (Å²) in [5.74, 6) is 0.950. The predicted octanol–water partition coefficient (Wildman–Crippen LogP) is 2.91. The van der Waals surface area contributed by atoms with Crippen molar-refractivity contribution in [1.82, 2.24) is 19.6 Å². The van der Waals surface area contributed by atoms with Crippen molar-refractivity contribution in [3.05, 3.63) is 46.3 Å².